The van der Waals surface area contributed by atoms with Crippen molar-refractivity contribution in [1.82, 2.24) is 20.1 Å². The highest BCUT2D eigenvalue weighted by Gasteiger charge is 2.10. The largest absolute Gasteiger partial charge is 0.353 e. The molecule has 0 fully saturated rings. The number of hydrogen-bond acceptors (Lipinski definition) is 3. The van der Waals surface area contributed by atoms with E-state index in [-0.39, 0.29) is 11.9 Å². The van der Waals surface area contributed by atoms with Crippen molar-refractivity contribution in [2.45, 2.75) is 32.4 Å². The summed E-state index contributed by atoms with van der Waals surface area (Å²) in [5, 5.41) is 8.11. The van der Waals surface area contributed by atoms with Gasteiger partial charge in [-0.1, -0.05) is 29.3 Å². The fourth-order valence-corrected chi connectivity index (χ4v) is 2.47. The molecule has 0 aliphatic rings. The van der Waals surface area contributed by atoms with E-state index in [2.05, 4.69) is 15.4 Å². The maximum atomic E-state index is 11.9. The Hall–Kier alpha value is -1.59. The van der Waals surface area contributed by atoms with Gasteiger partial charge < -0.3 is 5.32 Å². The number of rotatable bonds is 6. The Morgan fingerprint density at radius 3 is 2.90 bits per heavy atom. The van der Waals surface area contributed by atoms with Crippen molar-refractivity contribution in [3.8, 4) is 0 Å². The number of hydrogen-bond donors (Lipinski definition) is 1. The predicted molar refractivity (Wildman–Crippen MR) is 82.4 cm³/mol. The average Bonchev–Trinajstić information content (AvgIpc) is 2.93. The van der Waals surface area contributed by atoms with Crippen LogP contribution in [0.2, 0.25) is 10.0 Å². The lowest BCUT2D eigenvalue weighted by Crippen LogP contribution is -2.34. The molecule has 1 aromatic heterocycles. The maximum absolute atomic E-state index is 11.9. The van der Waals surface area contributed by atoms with E-state index in [9.17, 15) is 4.79 Å². The summed E-state index contributed by atoms with van der Waals surface area (Å²) in [5.74, 6) is -0.0249. The fourth-order valence-electron chi connectivity index (χ4n) is 1.98. The molecular formula is C14H16Cl2N4O. The molecule has 0 saturated heterocycles. The number of amides is 1. The molecule has 0 aliphatic carbocycles. The number of carbonyl (C=O) groups excluding carboxylic acids is 1. The van der Waals surface area contributed by atoms with Crippen molar-refractivity contribution < 1.29 is 4.79 Å². The van der Waals surface area contributed by atoms with Crippen LogP contribution in [-0.2, 0) is 17.8 Å². The van der Waals surface area contributed by atoms with E-state index in [4.69, 9.17) is 23.2 Å². The number of nitrogens with zero attached hydrogens (tertiary/aromatic N) is 3. The summed E-state index contributed by atoms with van der Waals surface area (Å²) in [6.45, 7) is 2.46. The molecule has 0 saturated carbocycles. The van der Waals surface area contributed by atoms with Crippen LogP contribution in [0.4, 0.5) is 0 Å². The van der Waals surface area contributed by atoms with E-state index < -0.39 is 0 Å². The van der Waals surface area contributed by atoms with Gasteiger partial charge in [0.05, 0.1) is 6.54 Å². The topological polar surface area (TPSA) is 59.8 Å². The van der Waals surface area contributed by atoms with Crippen LogP contribution < -0.4 is 5.32 Å². The van der Waals surface area contributed by atoms with Crippen LogP contribution in [-0.4, -0.2) is 26.7 Å². The quantitative estimate of drug-likeness (QED) is 0.887. The highest BCUT2D eigenvalue weighted by molar-refractivity contribution is 6.35. The Morgan fingerprint density at radius 1 is 1.43 bits per heavy atom. The smallest absolute Gasteiger partial charge is 0.222 e. The summed E-state index contributed by atoms with van der Waals surface area (Å²) in [7, 11) is 0. The zero-order valence-electron chi connectivity index (χ0n) is 11.6. The minimum atomic E-state index is -0.0249. The first-order chi connectivity index (χ1) is 10.0. The monoisotopic (exact) mass is 326 g/mol. The van der Waals surface area contributed by atoms with Gasteiger partial charge in [-0.3, -0.25) is 9.48 Å². The molecular weight excluding hydrogens is 311 g/mol. The van der Waals surface area contributed by atoms with Crippen molar-refractivity contribution in [2.75, 3.05) is 0 Å². The van der Waals surface area contributed by atoms with Crippen molar-refractivity contribution in [3.05, 3.63) is 46.5 Å². The zero-order valence-corrected chi connectivity index (χ0v) is 13.1. The van der Waals surface area contributed by atoms with E-state index in [1.54, 1.807) is 23.1 Å². The highest BCUT2D eigenvalue weighted by atomic mass is 35.5. The third kappa shape index (κ3) is 5.02. The Bertz CT molecular complexity index is 601. The SMILES string of the molecule is CC(Cc1ccc(Cl)cc1Cl)NC(=O)CCn1cncn1. The molecule has 0 spiro atoms. The maximum Gasteiger partial charge on any atom is 0.222 e. The fraction of sp³-hybridized carbons (Fsp3) is 0.357. The second-order valence-electron chi connectivity index (χ2n) is 4.82. The van der Waals surface area contributed by atoms with Crippen LogP contribution >= 0.6 is 23.2 Å². The minimum absolute atomic E-state index is 0.00748. The average molecular weight is 327 g/mol. The van der Waals surface area contributed by atoms with Crippen molar-refractivity contribution >= 4 is 29.1 Å². The molecule has 21 heavy (non-hydrogen) atoms. The molecule has 5 nitrogen and oxygen atoms in total. The standard InChI is InChI=1S/C14H16Cl2N4O/c1-10(6-11-2-3-12(15)7-13(11)16)19-14(21)4-5-20-9-17-8-18-20/h2-3,7-10H,4-6H2,1H3,(H,19,21). The lowest BCUT2D eigenvalue weighted by Gasteiger charge is -2.15. The lowest BCUT2D eigenvalue weighted by atomic mass is 10.1. The normalized spacial score (nSPS) is 12.1. The van der Waals surface area contributed by atoms with E-state index in [0.717, 1.165) is 5.56 Å². The molecule has 1 amide bonds. The summed E-state index contributed by atoms with van der Waals surface area (Å²) in [5.41, 5.74) is 0.963. The van der Waals surface area contributed by atoms with Crippen LogP contribution in [0, 0.1) is 0 Å². The number of benzene rings is 1. The Kier molecular flexibility index (Phi) is 5.59. The molecule has 1 unspecified atom stereocenters. The lowest BCUT2D eigenvalue weighted by molar-refractivity contribution is -0.121. The molecule has 0 radical (unpaired) electrons. The summed E-state index contributed by atoms with van der Waals surface area (Å²) >= 11 is 12.0. The van der Waals surface area contributed by atoms with Crippen LogP contribution in [0.1, 0.15) is 18.9 Å². The van der Waals surface area contributed by atoms with Crippen molar-refractivity contribution in [2.24, 2.45) is 0 Å². The first-order valence-electron chi connectivity index (χ1n) is 6.60. The highest BCUT2D eigenvalue weighted by Crippen LogP contribution is 2.22. The van der Waals surface area contributed by atoms with Gasteiger partial charge in [-0.2, -0.15) is 5.10 Å². The minimum Gasteiger partial charge on any atom is -0.353 e. The number of carbonyl (C=O) groups is 1. The van der Waals surface area contributed by atoms with Crippen LogP contribution in [0.5, 0.6) is 0 Å². The molecule has 1 atom stereocenters. The summed E-state index contributed by atoms with van der Waals surface area (Å²) < 4.78 is 1.63. The van der Waals surface area contributed by atoms with Crippen LogP contribution in [0.15, 0.2) is 30.9 Å². The summed E-state index contributed by atoms with van der Waals surface area (Å²) in [4.78, 5) is 15.7. The van der Waals surface area contributed by atoms with Gasteiger partial charge in [0.15, 0.2) is 0 Å². The van der Waals surface area contributed by atoms with Crippen molar-refractivity contribution in [3.63, 3.8) is 0 Å². The van der Waals surface area contributed by atoms with Gasteiger partial charge in [-0.25, -0.2) is 4.98 Å². The van der Waals surface area contributed by atoms with Crippen LogP contribution in [0.25, 0.3) is 0 Å². The van der Waals surface area contributed by atoms with Crippen molar-refractivity contribution in [1.29, 1.82) is 0 Å². The zero-order chi connectivity index (χ0) is 15.2. The van der Waals surface area contributed by atoms with Gasteiger partial charge in [-0.05, 0) is 31.0 Å². The predicted octanol–water partition coefficient (Wildman–Crippen LogP) is 2.72. The molecule has 112 valence electrons. The number of halogens is 2. The molecule has 1 heterocycles. The van der Waals surface area contributed by atoms with Gasteiger partial charge >= 0.3 is 0 Å². The van der Waals surface area contributed by atoms with Gasteiger partial charge in [0, 0.05) is 22.5 Å². The molecule has 1 N–H and O–H groups in total. The van der Waals surface area contributed by atoms with Gasteiger partial charge in [0.2, 0.25) is 5.91 Å². The van der Waals surface area contributed by atoms with E-state index >= 15 is 0 Å². The third-order valence-corrected chi connectivity index (χ3v) is 3.57. The first-order valence-corrected chi connectivity index (χ1v) is 7.36. The first kappa shape index (κ1) is 15.8. The van der Waals surface area contributed by atoms with Gasteiger partial charge in [0.25, 0.3) is 0 Å². The number of aromatic nitrogens is 3. The number of aryl methyl sites for hydroxylation is 1. The Labute approximate surface area is 133 Å². The molecule has 1 aromatic carbocycles. The summed E-state index contributed by atoms with van der Waals surface area (Å²) in [6.07, 6.45) is 4.06. The number of nitrogens with one attached hydrogen (secondary N) is 1. The Morgan fingerprint density at radius 2 is 2.24 bits per heavy atom. The van der Waals surface area contributed by atoms with Gasteiger partial charge in [0.1, 0.15) is 12.7 Å². The van der Waals surface area contributed by atoms with Gasteiger partial charge in [-0.15, -0.1) is 0 Å². The Balaban J connectivity index is 1.80. The second kappa shape index (κ2) is 7.43. The second-order valence-corrected chi connectivity index (χ2v) is 5.66. The third-order valence-electron chi connectivity index (χ3n) is 2.98. The van der Waals surface area contributed by atoms with Crippen LogP contribution in [0.3, 0.4) is 0 Å². The molecule has 2 rings (SSSR count). The molecule has 0 bridgehead atoms. The van der Waals surface area contributed by atoms with E-state index in [1.807, 2.05) is 13.0 Å². The van der Waals surface area contributed by atoms with E-state index in [0.29, 0.717) is 29.4 Å². The van der Waals surface area contributed by atoms with E-state index in [1.165, 1.54) is 6.33 Å². The molecule has 0 aliphatic heterocycles. The molecule has 7 heteroatoms. The molecule has 2 aromatic rings. The summed E-state index contributed by atoms with van der Waals surface area (Å²) in [6, 6.07) is 5.37.